The zero-order chi connectivity index (χ0) is 15.1. The van der Waals surface area contributed by atoms with Crippen LogP contribution in [-0.2, 0) is 4.79 Å². The summed E-state index contributed by atoms with van der Waals surface area (Å²) in [7, 11) is 0. The van der Waals surface area contributed by atoms with E-state index >= 15 is 0 Å². The van der Waals surface area contributed by atoms with Gasteiger partial charge in [-0.3, -0.25) is 4.79 Å². The van der Waals surface area contributed by atoms with Gasteiger partial charge < -0.3 is 15.7 Å². The molecule has 0 aliphatic rings. The van der Waals surface area contributed by atoms with Crippen LogP contribution in [0.15, 0.2) is 22.7 Å². The van der Waals surface area contributed by atoms with Crippen molar-refractivity contribution in [2.45, 2.75) is 13.3 Å². The summed E-state index contributed by atoms with van der Waals surface area (Å²) >= 11 is 3.25. The van der Waals surface area contributed by atoms with Crippen molar-refractivity contribution in [3.63, 3.8) is 0 Å². The van der Waals surface area contributed by atoms with E-state index in [0.29, 0.717) is 22.1 Å². The van der Waals surface area contributed by atoms with Crippen LogP contribution in [0.3, 0.4) is 0 Å². The Labute approximate surface area is 124 Å². The Kier molecular flexibility index (Phi) is 6.00. The first kappa shape index (κ1) is 16.0. The van der Waals surface area contributed by atoms with Crippen LogP contribution < -0.4 is 10.6 Å². The third-order valence-corrected chi connectivity index (χ3v) is 3.35. The minimum Gasteiger partial charge on any atom is -0.481 e. The maximum Gasteiger partial charge on any atom is 0.319 e. The van der Waals surface area contributed by atoms with E-state index in [1.54, 1.807) is 25.1 Å². The number of hydrogen-bond donors (Lipinski definition) is 3. The number of urea groups is 1. The Hall–Kier alpha value is -2.07. The van der Waals surface area contributed by atoms with Gasteiger partial charge in [-0.05, 0) is 40.5 Å². The van der Waals surface area contributed by atoms with Crippen molar-refractivity contribution in [1.29, 1.82) is 5.26 Å². The smallest absolute Gasteiger partial charge is 0.319 e. The lowest BCUT2D eigenvalue weighted by atomic mass is 10.1. The molecule has 0 bridgehead atoms. The van der Waals surface area contributed by atoms with Gasteiger partial charge in [0.2, 0.25) is 0 Å². The van der Waals surface area contributed by atoms with E-state index in [4.69, 9.17) is 10.4 Å². The SMILES string of the molecule is CCC(CNC(=O)Nc1ccc(C#N)cc1Br)C(=O)O. The highest BCUT2D eigenvalue weighted by molar-refractivity contribution is 9.10. The maximum atomic E-state index is 11.7. The average molecular weight is 340 g/mol. The Morgan fingerprint density at radius 2 is 2.20 bits per heavy atom. The summed E-state index contributed by atoms with van der Waals surface area (Å²) in [5.41, 5.74) is 0.977. The van der Waals surface area contributed by atoms with Crippen molar-refractivity contribution in [2.24, 2.45) is 5.92 Å². The van der Waals surface area contributed by atoms with Crippen LogP contribution in [0.1, 0.15) is 18.9 Å². The van der Waals surface area contributed by atoms with E-state index in [1.165, 1.54) is 0 Å². The van der Waals surface area contributed by atoms with Gasteiger partial charge in [-0.2, -0.15) is 5.26 Å². The molecule has 0 radical (unpaired) electrons. The van der Waals surface area contributed by atoms with Crippen LogP contribution in [0.2, 0.25) is 0 Å². The minimum absolute atomic E-state index is 0.0611. The number of amides is 2. The van der Waals surface area contributed by atoms with Gasteiger partial charge in [0.15, 0.2) is 0 Å². The molecular weight excluding hydrogens is 326 g/mol. The number of anilines is 1. The standard InChI is InChI=1S/C13H14BrN3O3/c1-2-9(12(18)19)7-16-13(20)17-11-4-3-8(6-15)5-10(11)14/h3-5,9H,2,7H2,1H3,(H,18,19)(H2,16,17,20). The van der Waals surface area contributed by atoms with Gasteiger partial charge >= 0.3 is 12.0 Å². The van der Waals surface area contributed by atoms with Crippen molar-refractivity contribution in [2.75, 3.05) is 11.9 Å². The zero-order valence-electron chi connectivity index (χ0n) is 10.8. The van der Waals surface area contributed by atoms with Gasteiger partial charge in [0, 0.05) is 11.0 Å². The first-order valence-corrected chi connectivity index (χ1v) is 6.74. The number of carboxylic acids is 1. The summed E-state index contributed by atoms with van der Waals surface area (Å²) in [6.45, 7) is 1.81. The summed E-state index contributed by atoms with van der Waals surface area (Å²) in [4.78, 5) is 22.5. The lowest BCUT2D eigenvalue weighted by molar-refractivity contribution is -0.141. The van der Waals surface area contributed by atoms with Gasteiger partial charge in [-0.25, -0.2) is 4.79 Å². The molecule has 0 aliphatic carbocycles. The highest BCUT2D eigenvalue weighted by Gasteiger charge is 2.16. The maximum absolute atomic E-state index is 11.7. The number of carbonyl (C=O) groups excluding carboxylic acids is 1. The minimum atomic E-state index is -0.938. The molecule has 6 nitrogen and oxygen atoms in total. The average Bonchev–Trinajstić information content (AvgIpc) is 2.41. The summed E-state index contributed by atoms with van der Waals surface area (Å²) in [5.74, 6) is -1.54. The van der Waals surface area contributed by atoms with E-state index in [2.05, 4.69) is 26.6 Å². The third kappa shape index (κ3) is 4.55. The van der Waals surface area contributed by atoms with Crippen molar-refractivity contribution in [3.8, 4) is 6.07 Å². The van der Waals surface area contributed by atoms with Gasteiger partial charge in [-0.15, -0.1) is 0 Å². The summed E-state index contributed by atoms with van der Waals surface area (Å²) in [6.07, 6.45) is 0.441. The van der Waals surface area contributed by atoms with E-state index < -0.39 is 17.9 Å². The summed E-state index contributed by atoms with van der Waals surface area (Å²) < 4.78 is 0.581. The number of halogens is 1. The number of nitrogens with one attached hydrogen (secondary N) is 2. The molecule has 0 spiro atoms. The second-order valence-corrected chi connectivity index (χ2v) is 4.94. The molecule has 0 aromatic heterocycles. The largest absolute Gasteiger partial charge is 0.481 e. The first-order chi connectivity index (χ1) is 9.47. The number of hydrogen-bond acceptors (Lipinski definition) is 3. The van der Waals surface area contributed by atoms with Crippen molar-refractivity contribution < 1.29 is 14.7 Å². The predicted molar refractivity (Wildman–Crippen MR) is 77.3 cm³/mol. The Morgan fingerprint density at radius 1 is 1.50 bits per heavy atom. The van der Waals surface area contributed by atoms with E-state index in [0.717, 1.165) is 0 Å². The van der Waals surface area contributed by atoms with E-state index in [9.17, 15) is 9.59 Å². The molecule has 0 heterocycles. The van der Waals surface area contributed by atoms with Crippen molar-refractivity contribution in [1.82, 2.24) is 5.32 Å². The van der Waals surface area contributed by atoms with Gasteiger partial charge in [0.25, 0.3) is 0 Å². The Balaban J connectivity index is 2.59. The number of rotatable bonds is 5. The molecule has 1 atom stereocenters. The molecular formula is C13H14BrN3O3. The fourth-order valence-corrected chi connectivity index (χ4v) is 1.95. The molecule has 1 unspecified atom stereocenters. The van der Waals surface area contributed by atoms with Crippen LogP contribution in [0.4, 0.5) is 10.5 Å². The Morgan fingerprint density at radius 3 is 2.70 bits per heavy atom. The molecule has 0 saturated carbocycles. The topological polar surface area (TPSA) is 102 Å². The molecule has 0 aliphatic heterocycles. The number of carboxylic acid groups (broad SMARTS) is 1. The van der Waals surface area contributed by atoms with Crippen LogP contribution in [0.5, 0.6) is 0 Å². The molecule has 3 N–H and O–H groups in total. The summed E-state index contributed by atoms with van der Waals surface area (Å²) in [5, 5.41) is 22.7. The molecule has 7 heteroatoms. The molecule has 1 aromatic rings. The molecule has 0 fully saturated rings. The second-order valence-electron chi connectivity index (χ2n) is 4.08. The van der Waals surface area contributed by atoms with E-state index in [1.807, 2.05) is 6.07 Å². The molecule has 1 aromatic carbocycles. The molecule has 20 heavy (non-hydrogen) atoms. The van der Waals surface area contributed by atoms with Crippen LogP contribution in [-0.4, -0.2) is 23.7 Å². The number of nitriles is 1. The Bertz CT molecular complexity index is 554. The number of aliphatic carboxylic acids is 1. The van der Waals surface area contributed by atoms with Crippen molar-refractivity contribution >= 4 is 33.6 Å². The number of carbonyl (C=O) groups is 2. The zero-order valence-corrected chi connectivity index (χ0v) is 12.4. The molecule has 2 amide bonds. The fraction of sp³-hybridized carbons (Fsp3) is 0.308. The third-order valence-electron chi connectivity index (χ3n) is 2.70. The van der Waals surface area contributed by atoms with Crippen LogP contribution in [0.25, 0.3) is 0 Å². The quantitative estimate of drug-likeness (QED) is 0.766. The van der Waals surface area contributed by atoms with Crippen LogP contribution >= 0.6 is 15.9 Å². The highest BCUT2D eigenvalue weighted by Crippen LogP contribution is 2.23. The van der Waals surface area contributed by atoms with Crippen molar-refractivity contribution in [3.05, 3.63) is 28.2 Å². The lowest BCUT2D eigenvalue weighted by Gasteiger charge is -2.12. The second kappa shape index (κ2) is 7.50. The van der Waals surface area contributed by atoms with Gasteiger partial charge in [0.1, 0.15) is 0 Å². The fourth-order valence-electron chi connectivity index (χ4n) is 1.47. The molecule has 1 rings (SSSR count). The normalized spacial score (nSPS) is 11.2. The monoisotopic (exact) mass is 339 g/mol. The first-order valence-electron chi connectivity index (χ1n) is 5.95. The highest BCUT2D eigenvalue weighted by atomic mass is 79.9. The molecule has 0 saturated heterocycles. The van der Waals surface area contributed by atoms with Gasteiger partial charge in [0.05, 0.1) is 23.2 Å². The number of nitrogens with zero attached hydrogens (tertiary/aromatic N) is 1. The summed E-state index contributed by atoms with van der Waals surface area (Å²) in [6, 6.07) is 6.25. The van der Waals surface area contributed by atoms with Crippen LogP contribution in [0, 0.1) is 17.2 Å². The molecule has 106 valence electrons. The lowest BCUT2D eigenvalue weighted by Crippen LogP contribution is -2.35. The predicted octanol–water partition coefficient (Wildman–Crippen LogP) is 2.55. The number of benzene rings is 1. The van der Waals surface area contributed by atoms with E-state index in [-0.39, 0.29) is 6.54 Å². The van der Waals surface area contributed by atoms with Gasteiger partial charge in [-0.1, -0.05) is 6.92 Å².